The van der Waals surface area contributed by atoms with Crippen molar-refractivity contribution in [3.8, 4) is 0 Å². The molecule has 0 saturated carbocycles. The van der Waals surface area contributed by atoms with E-state index in [4.69, 9.17) is 0 Å². The fourth-order valence-electron chi connectivity index (χ4n) is 1.03. The minimum atomic E-state index is 1.09. The highest BCUT2D eigenvalue weighted by Gasteiger charge is 1.83. The molecule has 0 aliphatic rings. The molecule has 1 radical (unpaired) electrons. The Morgan fingerprint density at radius 2 is 1.38 bits per heavy atom. The zero-order chi connectivity index (χ0) is 10.4. The van der Waals surface area contributed by atoms with Crippen LogP contribution in [0.1, 0.15) is 59.3 Å². The first-order valence-corrected chi connectivity index (χ1v) is 5.83. The van der Waals surface area contributed by atoms with Gasteiger partial charge in [0.1, 0.15) is 0 Å². The molecule has 0 amide bonds. The second-order valence-electron chi connectivity index (χ2n) is 3.22. The Kier molecular flexibility index (Phi) is 21.2. The van der Waals surface area contributed by atoms with Gasteiger partial charge in [0.25, 0.3) is 0 Å². The van der Waals surface area contributed by atoms with Gasteiger partial charge in [-0.15, -0.1) is 0 Å². The van der Waals surface area contributed by atoms with E-state index in [1.54, 1.807) is 0 Å². The van der Waals surface area contributed by atoms with Crippen LogP contribution in [0.4, 0.5) is 0 Å². The van der Waals surface area contributed by atoms with Crippen LogP contribution in [0.5, 0.6) is 0 Å². The quantitative estimate of drug-likeness (QED) is 0.596. The molecule has 0 aliphatic heterocycles. The number of hydrogen-bond acceptors (Lipinski definition) is 1. The van der Waals surface area contributed by atoms with E-state index in [1.165, 1.54) is 32.1 Å². The van der Waals surface area contributed by atoms with Gasteiger partial charge in [-0.05, 0) is 13.1 Å². The summed E-state index contributed by atoms with van der Waals surface area (Å²) in [6.45, 7) is 12.4. The summed E-state index contributed by atoms with van der Waals surface area (Å²) in [5.41, 5.74) is 0. The number of unbranched alkanes of at least 4 members (excludes halogenated alkanes) is 5. The third-order valence-corrected chi connectivity index (χ3v) is 1.85. The Hall–Kier alpha value is -0.0400. The van der Waals surface area contributed by atoms with Gasteiger partial charge in [0.2, 0.25) is 0 Å². The summed E-state index contributed by atoms with van der Waals surface area (Å²) in [7, 11) is 0. The minimum absolute atomic E-state index is 1.09. The summed E-state index contributed by atoms with van der Waals surface area (Å²) < 4.78 is 0. The van der Waals surface area contributed by atoms with Gasteiger partial charge in [0, 0.05) is 0 Å². The van der Waals surface area contributed by atoms with Crippen LogP contribution in [-0.4, -0.2) is 13.1 Å². The monoisotopic (exact) mass is 186 g/mol. The van der Waals surface area contributed by atoms with Crippen LogP contribution in [0.2, 0.25) is 0 Å². The summed E-state index contributed by atoms with van der Waals surface area (Å²) in [5.74, 6) is 0. The molecule has 1 N–H and O–H groups in total. The second-order valence-corrected chi connectivity index (χ2v) is 3.22. The third-order valence-electron chi connectivity index (χ3n) is 1.85. The van der Waals surface area contributed by atoms with Gasteiger partial charge in [0.15, 0.2) is 0 Å². The highest BCUT2D eigenvalue weighted by molar-refractivity contribution is 4.43. The van der Waals surface area contributed by atoms with Gasteiger partial charge in [-0.1, -0.05) is 66.2 Å². The van der Waals surface area contributed by atoms with Crippen molar-refractivity contribution >= 4 is 0 Å². The van der Waals surface area contributed by atoms with Crippen molar-refractivity contribution in [2.45, 2.75) is 59.3 Å². The maximum atomic E-state index is 3.78. The molecule has 1 nitrogen and oxygen atoms in total. The van der Waals surface area contributed by atoms with Crippen LogP contribution < -0.4 is 5.32 Å². The fourth-order valence-corrected chi connectivity index (χ4v) is 1.03. The Morgan fingerprint density at radius 1 is 0.846 bits per heavy atom. The molecule has 0 atom stereocenters. The van der Waals surface area contributed by atoms with Crippen LogP contribution in [0.15, 0.2) is 0 Å². The van der Waals surface area contributed by atoms with Gasteiger partial charge >= 0.3 is 0 Å². The largest absolute Gasteiger partial charge is 0.317 e. The Labute approximate surface area is 85.3 Å². The lowest BCUT2D eigenvalue weighted by Crippen LogP contribution is -2.09. The van der Waals surface area contributed by atoms with E-state index in [-0.39, 0.29) is 0 Å². The van der Waals surface area contributed by atoms with Gasteiger partial charge < -0.3 is 5.32 Å². The maximum Gasteiger partial charge on any atom is -0.00775 e. The summed E-state index contributed by atoms with van der Waals surface area (Å²) in [4.78, 5) is 0. The maximum absolute atomic E-state index is 3.78. The molecule has 0 aromatic carbocycles. The molecule has 0 aromatic rings. The van der Waals surface area contributed by atoms with Crippen molar-refractivity contribution in [3.63, 3.8) is 0 Å². The Morgan fingerprint density at radius 3 is 1.69 bits per heavy atom. The third kappa shape index (κ3) is 24.5. The van der Waals surface area contributed by atoms with Gasteiger partial charge in [0.05, 0.1) is 0 Å². The van der Waals surface area contributed by atoms with Crippen LogP contribution >= 0.6 is 0 Å². The predicted octanol–water partition coefficient (Wildman–Crippen LogP) is 3.80. The summed E-state index contributed by atoms with van der Waals surface area (Å²) in [6, 6.07) is 0. The van der Waals surface area contributed by atoms with E-state index in [2.05, 4.69) is 33.0 Å². The van der Waals surface area contributed by atoms with Crippen molar-refractivity contribution in [1.82, 2.24) is 5.32 Å². The average Bonchev–Trinajstić information content (AvgIpc) is 2.15. The molecule has 81 valence electrons. The van der Waals surface area contributed by atoms with Gasteiger partial charge in [-0.3, -0.25) is 0 Å². The minimum Gasteiger partial charge on any atom is -0.317 e. The molecule has 1 heteroatoms. The van der Waals surface area contributed by atoms with Gasteiger partial charge in [-0.25, -0.2) is 0 Å². The van der Waals surface area contributed by atoms with E-state index in [9.17, 15) is 0 Å². The standard InChI is InChI=1S/C8H17.C4H11N/c1-3-5-7-8-6-4-2;1-3-5-4-2/h1,3-8H2,2H3;5H,3-4H2,1-2H3. The summed E-state index contributed by atoms with van der Waals surface area (Å²) in [6.07, 6.45) is 7.98. The van der Waals surface area contributed by atoms with Crippen molar-refractivity contribution in [2.24, 2.45) is 0 Å². The lowest BCUT2D eigenvalue weighted by molar-refractivity contribution is 0.637. The zero-order valence-electron chi connectivity index (χ0n) is 9.86. The van der Waals surface area contributed by atoms with Crippen LogP contribution in [0.3, 0.4) is 0 Å². The normalized spacial score (nSPS) is 9.23. The Balaban J connectivity index is 0. The first-order chi connectivity index (χ1) is 6.33. The zero-order valence-corrected chi connectivity index (χ0v) is 9.86. The van der Waals surface area contributed by atoms with Crippen LogP contribution in [0.25, 0.3) is 0 Å². The second kappa shape index (κ2) is 17.9. The molecule has 0 heterocycles. The molecule has 0 spiro atoms. The summed E-state index contributed by atoms with van der Waals surface area (Å²) >= 11 is 0. The number of hydrogen-bond donors (Lipinski definition) is 1. The predicted molar refractivity (Wildman–Crippen MR) is 63.0 cm³/mol. The fraction of sp³-hybridized carbons (Fsp3) is 0.917. The van der Waals surface area contributed by atoms with E-state index in [0.29, 0.717) is 0 Å². The number of rotatable bonds is 7. The number of nitrogens with one attached hydrogen (secondary N) is 1. The van der Waals surface area contributed by atoms with E-state index in [1.807, 2.05) is 0 Å². The van der Waals surface area contributed by atoms with Gasteiger partial charge in [-0.2, -0.15) is 0 Å². The smallest absolute Gasteiger partial charge is 0.00775 e. The van der Waals surface area contributed by atoms with E-state index in [0.717, 1.165) is 19.5 Å². The molecule has 0 unspecified atom stereocenters. The first kappa shape index (κ1) is 15.4. The molecule has 0 aromatic heterocycles. The molecule has 0 rings (SSSR count). The van der Waals surface area contributed by atoms with Crippen molar-refractivity contribution < 1.29 is 0 Å². The van der Waals surface area contributed by atoms with Crippen molar-refractivity contribution in [3.05, 3.63) is 6.92 Å². The highest BCUT2D eigenvalue weighted by Crippen LogP contribution is 2.03. The molecular formula is C12H28N. The van der Waals surface area contributed by atoms with E-state index < -0.39 is 0 Å². The topological polar surface area (TPSA) is 12.0 Å². The molecule has 0 fully saturated rings. The van der Waals surface area contributed by atoms with Crippen LogP contribution in [-0.2, 0) is 0 Å². The average molecular weight is 186 g/mol. The molecule has 0 aliphatic carbocycles. The van der Waals surface area contributed by atoms with E-state index >= 15 is 0 Å². The Bertz CT molecular complexity index is 54.1. The van der Waals surface area contributed by atoms with Crippen molar-refractivity contribution in [1.29, 1.82) is 0 Å². The van der Waals surface area contributed by atoms with Crippen molar-refractivity contribution in [2.75, 3.05) is 13.1 Å². The van der Waals surface area contributed by atoms with Crippen LogP contribution in [0, 0.1) is 6.92 Å². The molecule has 13 heavy (non-hydrogen) atoms. The highest BCUT2D eigenvalue weighted by atomic mass is 14.8. The molecular weight excluding hydrogens is 158 g/mol. The lowest BCUT2D eigenvalue weighted by Gasteiger charge is -1.93. The SMILES string of the molecule is CCNCC.[CH2]CCCCCCC. The summed E-state index contributed by atoms with van der Waals surface area (Å²) in [5, 5.41) is 3.11. The molecule has 0 bridgehead atoms. The lowest BCUT2D eigenvalue weighted by atomic mass is 10.1. The first-order valence-electron chi connectivity index (χ1n) is 5.83. The molecule has 0 saturated heterocycles.